The molecule has 1 rings (SSSR count). The van der Waals surface area contributed by atoms with Crippen molar-refractivity contribution in [3.63, 3.8) is 0 Å². The Bertz CT molecular complexity index is 201. The molecule has 1 saturated heterocycles. The first-order chi connectivity index (χ1) is 6.83. The van der Waals surface area contributed by atoms with Gasteiger partial charge in [-0.05, 0) is 32.1 Å². The lowest BCUT2D eigenvalue weighted by molar-refractivity contribution is -0.121. The number of hydrogen-bond donors (Lipinski definition) is 1. The van der Waals surface area contributed by atoms with Crippen LogP contribution in [0.25, 0.3) is 0 Å². The van der Waals surface area contributed by atoms with E-state index in [4.69, 9.17) is 0 Å². The Balaban J connectivity index is 2.27. The van der Waals surface area contributed by atoms with E-state index < -0.39 is 0 Å². The molecule has 0 radical (unpaired) electrons. The predicted molar refractivity (Wildman–Crippen MR) is 58.4 cm³/mol. The van der Waals surface area contributed by atoms with Crippen molar-refractivity contribution >= 4 is 12.1 Å². The maximum Gasteiger partial charge on any atom is 0.221 e. The van der Waals surface area contributed by atoms with Crippen LogP contribution in [0.2, 0.25) is 0 Å². The molecule has 1 atom stereocenters. The maximum absolute atomic E-state index is 11.2. The number of carbonyl (C=O) groups excluding carboxylic acids is 1. The molecule has 1 N–H and O–H groups in total. The summed E-state index contributed by atoms with van der Waals surface area (Å²) in [5.74, 6) is 0.153. The van der Waals surface area contributed by atoms with Crippen LogP contribution in [0, 0.1) is 0 Å². The van der Waals surface area contributed by atoms with E-state index in [2.05, 4.69) is 17.2 Å². The van der Waals surface area contributed by atoms with Crippen LogP contribution in [-0.4, -0.2) is 18.3 Å². The van der Waals surface area contributed by atoms with Crippen molar-refractivity contribution in [1.82, 2.24) is 5.32 Å². The Morgan fingerprint density at radius 1 is 1.57 bits per heavy atom. The summed E-state index contributed by atoms with van der Waals surface area (Å²) < 4.78 is 0. The number of aliphatic imine (C=N–C) groups is 1. The zero-order valence-corrected chi connectivity index (χ0v) is 8.96. The van der Waals surface area contributed by atoms with Gasteiger partial charge < -0.3 is 5.32 Å². The lowest BCUT2D eigenvalue weighted by Gasteiger charge is -2.09. The normalized spacial score (nSPS) is 23.5. The summed E-state index contributed by atoms with van der Waals surface area (Å²) in [4.78, 5) is 15.6. The van der Waals surface area contributed by atoms with Crippen LogP contribution >= 0.6 is 0 Å². The first-order valence-electron chi connectivity index (χ1n) is 5.64. The summed E-state index contributed by atoms with van der Waals surface area (Å²) in [7, 11) is 0. The zero-order chi connectivity index (χ0) is 10.2. The molecule has 1 aliphatic heterocycles. The van der Waals surface area contributed by atoms with Gasteiger partial charge in [0.1, 0.15) is 6.17 Å². The second-order valence-electron chi connectivity index (χ2n) is 3.80. The van der Waals surface area contributed by atoms with Gasteiger partial charge in [-0.2, -0.15) is 0 Å². The quantitative estimate of drug-likeness (QED) is 0.544. The number of rotatable bonds is 4. The third-order valence-electron chi connectivity index (χ3n) is 2.43. The topological polar surface area (TPSA) is 41.5 Å². The average Bonchev–Trinajstić information content (AvgIpc) is 2.38. The van der Waals surface area contributed by atoms with Gasteiger partial charge in [0.25, 0.3) is 0 Å². The van der Waals surface area contributed by atoms with Gasteiger partial charge in [0, 0.05) is 12.6 Å². The van der Waals surface area contributed by atoms with E-state index in [1.54, 1.807) is 0 Å². The van der Waals surface area contributed by atoms with Crippen molar-refractivity contribution in [2.24, 2.45) is 4.99 Å². The number of nitrogens with zero attached hydrogens (tertiary/aromatic N) is 1. The lowest BCUT2D eigenvalue weighted by atomic mass is 10.2. The predicted octanol–water partition coefficient (Wildman–Crippen LogP) is 2.26. The fourth-order valence-electron chi connectivity index (χ4n) is 1.56. The van der Waals surface area contributed by atoms with E-state index in [-0.39, 0.29) is 12.1 Å². The van der Waals surface area contributed by atoms with E-state index in [1.807, 2.05) is 6.21 Å². The van der Waals surface area contributed by atoms with Crippen LogP contribution < -0.4 is 5.32 Å². The van der Waals surface area contributed by atoms with Gasteiger partial charge >= 0.3 is 0 Å². The molecule has 3 heteroatoms. The van der Waals surface area contributed by atoms with Crippen LogP contribution in [-0.2, 0) is 4.79 Å². The molecule has 1 unspecified atom stereocenters. The number of carbonyl (C=O) groups is 1. The van der Waals surface area contributed by atoms with Crippen molar-refractivity contribution < 1.29 is 4.79 Å². The van der Waals surface area contributed by atoms with Gasteiger partial charge in [-0.15, -0.1) is 0 Å². The minimum Gasteiger partial charge on any atom is -0.334 e. The van der Waals surface area contributed by atoms with Crippen LogP contribution in [0.3, 0.4) is 0 Å². The third-order valence-corrected chi connectivity index (χ3v) is 2.43. The SMILES string of the molecule is CCCCC=NC1CCCCC(=O)N1. The second kappa shape index (κ2) is 6.57. The molecule has 0 saturated carbocycles. The van der Waals surface area contributed by atoms with Gasteiger partial charge in [-0.1, -0.05) is 13.3 Å². The highest BCUT2D eigenvalue weighted by Gasteiger charge is 2.13. The summed E-state index contributed by atoms with van der Waals surface area (Å²) in [5, 5.41) is 2.92. The fourth-order valence-corrected chi connectivity index (χ4v) is 1.56. The van der Waals surface area contributed by atoms with Gasteiger partial charge in [0.2, 0.25) is 5.91 Å². The Morgan fingerprint density at radius 3 is 3.21 bits per heavy atom. The summed E-state index contributed by atoms with van der Waals surface area (Å²) in [5.41, 5.74) is 0. The number of hydrogen-bond acceptors (Lipinski definition) is 2. The van der Waals surface area contributed by atoms with E-state index in [0.29, 0.717) is 6.42 Å². The Kier molecular flexibility index (Phi) is 5.27. The van der Waals surface area contributed by atoms with Crippen molar-refractivity contribution in [1.29, 1.82) is 0 Å². The molecular weight excluding hydrogens is 176 g/mol. The van der Waals surface area contributed by atoms with Crippen LogP contribution in [0.4, 0.5) is 0 Å². The van der Waals surface area contributed by atoms with E-state index in [1.165, 1.54) is 12.8 Å². The van der Waals surface area contributed by atoms with Crippen molar-refractivity contribution in [2.45, 2.75) is 58.0 Å². The Labute approximate surface area is 86.0 Å². The Hall–Kier alpha value is -0.860. The highest BCUT2D eigenvalue weighted by molar-refractivity contribution is 5.76. The average molecular weight is 196 g/mol. The first-order valence-corrected chi connectivity index (χ1v) is 5.64. The molecule has 1 heterocycles. The molecule has 0 bridgehead atoms. The van der Waals surface area contributed by atoms with Gasteiger partial charge in [-0.3, -0.25) is 9.79 Å². The summed E-state index contributed by atoms with van der Waals surface area (Å²) in [6.45, 7) is 2.17. The molecule has 14 heavy (non-hydrogen) atoms. The number of nitrogens with one attached hydrogen (secondary N) is 1. The monoisotopic (exact) mass is 196 g/mol. The van der Waals surface area contributed by atoms with Gasteiger partial charge in [0.15, 0.2) is 0 Å². The molecular formula is C11H20N2O. The van der Waals surface area contributed by atoms with Crippen LogP contribution in [0.15, 0.2) is 4.99 Å². The lowest BCUT2D eigenvalue weighted by Crippen LogP contribution is -2.31. The molecule has 3 nitrogen and oxygen atoms in total. The molecule has 80 valence electrons. The van der Waals surface area contributed by atoms with Crippen molar-refractivity contribution in [3.8, 4) is 0 Å². The molecule has 1 fully saturated rings. The maximum atomic E-state index is 11.2. The van der Waals surface area contributed by atoms with Crippen LogP contribution in [0.1, 0.15) is 51.9 Å². The van der Waals surface area contributed by atoms with E-state index >= 15 is 0 Å². The molecule has 1 amide bonds. The van der Waals surface area contributed by atoms with E-state index in [0.717, 1.165) is 25.7 Å². The summed E-state index contributed by atoms with van der Waals surface area (Å²) in [6.07, 6.45) is 9.19. The highest BCUT2D eigenvalue weighted by Crippen LogP contribution is 2.09. The first kappa shape index (κ1) is 11.2. The van der Waals surface area contributed by atoms with Crippen LogP contribution in [0.5, 0.6) is 0 Å². The fraction of sp³-hybridized carbons (Fsp3) is 0.818. The molecule has 0 aromatic rings. The molecule has 1 aliphatic rings. The summed E-state index contributed by atoms with van der Waals surface area (Å²) in [6, 6.07) is 0. The molecule has 0 aliphatic carbocycles. The number of amides is 1. The standard InChI is InChI=1S/C11H20N2O/c1-2-3-6-9-12-10-7-4-5-8-11(14)13-10/h9-10H,2-8H2,1H3,(H,13,14). The third kappa shape index (κ3) is 4.40. The smallest absolute Gasteiger partial charge is 0.221 e. The number of unbranched alkanes of at least 4 members (excludes halogenated alkanes) is 2. The second-order valence-corrected chi connectivity index (χ2v) is 3.80. The highest BCUT2D eigenvalue weighted by atomic mass is 16.1. The largest absolute Gasteiger partial charge is 0.334 e. The van der Waals surface area contributed by atoms with Crippen molar-refractivity contribution in [2.75, 3.05) is 0 Å². The van der Waals surface area contributed by atoms with Gasteiger partial charge in [-0.25, -0.2) is 0 Å². The zero-order valence-electron chi connectivity index (χ0n) is 8.96. The summed E-state index contributed by atoms with van der Waals surface area (Å²) >= 11 is 0. The molecule has 0 spiro atoms. The molecule has 0 aromatic heterocycles. The minimum absolute atomic E-state index is 0.0434. The molecule has 0 aromatic carbocycles. The minimum atomic E-state index is 0.0434. The van der Waals surface area contributed by atoms with Gasteiger partial charge in [0.05, 0.1) is 0 Å². The van der Waals surface area contributed by atoms with E-state index in [9.17, 15) is 4.79 Å². The van der Waals surface area contributed by atoms with Crippen molar-refractivity contribution in [3.05, 3.63) is 0 Å². The Morgan fingerprint density at radius 2 is 2.43 bits per heavy atom.